The second-order valence-corrected chi connectivity index (χ2v) is 10.7. The smallest absolute Gasteiger partial charge is 0.253 e. The van der Waals surface area contributed by atoms with Gasteiger partial charge in [-0.3, -0.25) is 9.59 Å². The number of carbonyl (C=O) groups excluding carboxylic acids is 2. The summed E-state index contributed by atoms with van der Waals surface area (Å²) in [6.07, 6.45) is 26.3. The van der Waals surface area contributed by atoms with Crippen LogP contribution in [0.1, 0.15) is 160 Å². The molecule has 4 nitrogen and oxygen atoms in total. The van der Waals surface area contributed by atoms with E-state index >= 15 is 0 Å². The maximum absolute atomic E-state index is 12.5. The summed E-state index contributed by atoms with van der Waals surface area (Å²) in [6, 6.07) is 7.29. The summed E-state index contributed by atoms with van der Waals surface area (Å²) in [5, 5.41) is 2.96. The molecule has 4 heteroatoms. The van der Waals surface area contributed by atoms with Gasteiger partial charge in [0, 0.05) is 30.8 Å². The predicted octanol–water partition coefficient (Wildman–Crippen LogP) is 9.93. The largest absolute Gasteiger partial charge is 0.339 e. The summed E-state index contributed by atoms with van der Waals surface area (Å²) in [5.41, 5.74) is 1.34. The molecule has 0 heterocycles. The van der Waals surface area contributed by atoms with Crippen LogP contribution in [0.25, 0.3) is 0 Å². The van der Waals surface area contributed by atoms with E-state index in [4.69, 9.17) is 0 Å². The highest BCUT2D eigenvalue weighted by atomic mass is 16.2. The molecule has 1 aromatic rings. The molecule has 1 N–H and O–H groups in total. The highest BCUT2D eigenvalue weighted by Crippen LogP contribution is 2.16. The first-order valence-electron chi connectivity index (χ1n) is 15.8. The van der Waals surface area contributed by atoms with Crippen LogP contribution in [-0.2, 0) is 4.79 Å². The number of anilines is 1. The number of nitrogens with one attached hydrogen (secondary N) is 1. The monoisotopic (exact) mass is 514 g/mol. The van der Waals surface area contributed by atoms with Gasteiger partial charge in [0.15, 0.2) is 0 Å². The van der Waals surface area contributed by atoms with Gasteiger partial charge in [0.25, 0.3) is 5.91 Å². The van der Waals surface area contributed by atoms with Gasteiger partial charge in [-0.1, -0.05) is 129 Å². The molecule has 0 aliphatic heterocycles. The zero-order valence-electron chi connectivity index (χ0n) is 24.6. The van der Waals surface area contributed by atoms with Crippen LogP contribution >= 0.6 is 0 Å². The van der Waals surface area contributed by atoms with Crippen LogP contribution in [0.2, 0.25) is 0 Å². The first kappa shape index (κ1) is 33.2. The lowest BCUT2D eigenvalue weighted by atomic mass is 10.0. The van der Waals surface area contributed by atoms with Gasteiger partial charge in [0.05, 0.1) is 0 Å². The lowest BCUT2D eigenvalue weighted by Gasteiger charge is -2.19. The number of rotatable bonds is 24. The Bertz CT molecular complexity index is 699. The van der Waals surface area contributed by atoms with Gasteiger partial charge in [-0.2, -0.15) is 0 Å². The molecule has 0 bridgehead atoms. The molecular formula is C33H58N2O2. The molecule has 1 rings (SSSR count). The zero-order valence-corrected chi connectivity index (χ0v) is 24.6. The van der Waals surface area contributed by atoms with Gasteiger partial charge in [0.1, 0.15) is 0 Å². The third kappa shape index (κ3) is 17.3. The normalized spacial score (nSPS) is 11.0. The molecule has 0 aliphatic rings. The van der Waals surface area contributed by atoms with Crippen LogP contribution < -0.4 is 5.32 Å². The molecular weight excluding hydrogens is 456 g/mol. The Morgan fingerprint density at radius 3 is 1.49 bits per heavy atom. The van der Waals surface area contributed by atoms with Crippen LogP contribution in [0.4, 0.5) is 5.69 Å². The highest BCUT2D eigenvalue weighted by molar-refractivity contribution is 5.97. The van der Waals surface area contributed by atoms with E-state index in [1.807, 2.05) is 32.0 Å². The zero-order chi connectivity index (χ0) is 27.0. The second-order valence-electron chi connectivity index (χ2n) is 10.7. The molecule has 0 atom stereocenters. The SMILES string of the molecule is CCCCCCCCCCCCCCCCCCCCCC(=O)Nc1cccc(C(=O)N(CC)CC)c1. The Hall–Kier alpha value is -1.84. The quantitative estimate of drug-likeness (QED) is 0.140. The van der Waals surface area contributed by atoms with Crippen molar-refractivity contribution in [2.45, 2.75) is 149 Å². The average molecular weight is 515 g/mol. The molecule has 37 heavy (non-hydrogen) atoms. The number of carbonyl (C=O) groups is 2. The van der Waals surface area contributed by atoms with Gasteiger partial charge in [-0.15, -0.1) is 0 Å². The van der Waals surface area contributed by atoms with Crippen molar-refractivity contribution in [2.24, 2.45) is 0 Å². The molecule has 0 aromatic heterocycles. The van der Waals surface area contributed by atoms with Gasteiger partial charge >= 0.3 is 0 Å². The van der Waals surface area contributed by atoms with Crippen LogP contribution in [0.15, 0.2) is 24.3 Å². The summed E-state index contributed by atoms with van der Waals surface area (Å²) in [5.74, 6) is 0.0549. The molecule has 0 fully saturated rings. The Kier molecular flexibility index (Phi) is 20.9. The van der Waals surface area contributed by atoms with E-state index in [-0.39, 0.29) is 11.8 Å². The number of amides is 2. The number of hydrogen-bond acceptors (Lipinski definition) is 2. The third-order valence-corrected chi connectivity index (χ3v) is 7.45. The maximum atomic E-state index is 12.5. The number of nitrogens with zero attached hydrogens (tertiary/aromatic N) is 1. The summed E-state index contributed by atoms with van der Waals surface area (Å²) in [6.45, 7) is 7.62. The van der Waals surface area contributed by atoms with Crippen LogP contribution in [0.5, 0.6) is 0 Å². The molecule has 2 amide bonds. The second kappa shape index (κ2) is 23.3. The Labute approximate surface area is 229 Å². The Balaban J connectivity index is 1.94. The summed E-state index contributed by atoms with van der Waals surface area (Å²) in [7, 11) is 0. The topological polar surface area (TPSA) is 49.4 Å². The standard InChI is InChI=1S/C33H58N2O2/c1-4-7-8-9-10-11-12-13-14-15-16-17-18-19-20-21-22-23-24-28-32(36)34-31-27-25-26-30(29-31)33(37)35(5-2)6-3/h25-27,29H,4-24,28H2,1-3H3,(H,34,36). The molecule has 0 spiro atoms. The van der Waals surface area contributed by atoms with Crippen molar-refractivity contribution >= 4 is 17.5 Å². The van der Waals surface area contributed by atoms with Crippen molar-refractivity contribution in [1.29, 1.82) is 0 Å². The van der Waals surface area contributed by atoms with E-state index in [0.29, 0.717) is 30.8 Å². The number of unbranched alkanes of at least 4 members (excludes halogenated alkanes) is 18. The van der Waals surface area contributed by atoms with Gasteiger partial charge in [-0.05, 0) is 38.5 Å². The van der Waals surface area contributed by atoms with Crippen molar-refractivity contribution in [3.8, 4) is 0 Å². The minimum absolute atomic E-state index is 0.0138. The Morgan fingerprint density at radius 1 is 0.622 bits per heavy atom. The van der Waals surface area contributed by atoms with E-state index in [1.165, 1.54) is 109 Å². The molecule has 1 aromatic carbocycles. The first-order chi connectivity index (χ1) is 18.1. The molecule has 0 saturated heterocycles. The highest BCUT2D eigenvalue weighted by Gasteiger charge is 2.13. The van der Waals surface area contributed by atoms with Crippen molar-refractivity contribution in [2.75, 3.05) is 18.4 Å². The summed E-state index contributed by atoms with van der Waals surface area (Å²) < 4.78 is 0. The Morgan fingerprint density at radius 2 is 1.05 bits per heavy atom. The molecule has 0 unspecified atom stereocenters. The van der Waals surface area contributed by atoms with Crippen molar-refractivity contribution in [3.05, 3.63) is 29.8 Å². The van der Waals surface area contributed by atoms with Gasteiger partial charge in [0.2, 0.25) is 5.91 Å². The summed E-state index contributed by atoms with van der Waals surface area (Å²) >= 11 is 0. The first-order valence-corrected chi connectivity index (χ1v) is 15.8. The van der Waals surface area contributed by atoms with E-state index in [0.717, 1.165) is 12.8 Å². The minimum atomic E-state index is 0.0138. The average Bonchev–Trinajstić information content (AvgIpc) is 2.90. The fourth-order valence-electron chi connectivity index (χ4n) is 5.01. The molecule has 212 valence electrons. The van der Waals surface area contributed by atoms with Crippen molar-refractivity contribution < 1.29 is 9.59 Å². The van der Waals surface area contributed by atoms with E-state index in [9.17, 15) is 9.59 Å². The fourth-order valence-corrected chi connectivity index (χ4v) is 5.01. The lowest BCUT2D eigenvalue weighted by Crippen LogP contribution is -2.30. The van der Waals surface area contributed by atoms with E-state index in [1.54, 1.807) is 11.0 Å². The van der Waals surface area contributed by atoms with Crippen LogP contribution in [0, 0.1) is 0 Å². The maximum Gasteiger partial charge on any atom is 0.253 e. The molecule has 0 aliphatic carbocycles. The number of hydrogen-bond donors (Lipinski definition) is 1. The molecule has 0 saturated carbocycles. The van der Waals surface area contributed by atoms with Gasteiger partial charge in [-0.25, -0.2) is 0 Å². The third-order valence-electron chi connectivity index (χ3n) is 7.45. The van der Waals surface area contributed by atoms with E-state index in [2.05, 4.69) is 12.2 Å². The fraction of sp³-hybridized carbons (Fsp3) is 0.758. The van der Waals surface area contributed by atoms with Crippen molar-refractivity contribution in [1.82, 2.24) is 4.90 Å². The van der Waals surface area contributed by atoms with Crippen molar-refractivity contribution in [3.63, 3.8) is 0 Å². The van der Waals surface area contributed by atoms with Gasteiger partial charge < -0.3 is 10.2 Å². The van der Waals surface area contributed by atoms with Crippen LogP contribution in [-0.4, -0.2) is 29.8 Å². The predicted molar refractivity (Wildman–Crippen MR) is 160 cm³/mol. The van der Waals surface area contributed by atoms with Crippen LogP contribution in [0.3, 0.4) is 0 Å². The minimum Gasteiger partial charge on any atom is -0.339 e. The molecule has 0 radical (unpaired) electrons. The lowest BCUT2D eigenvalue weighted by molar-refractivity contribution is -0.116. The number of benzene rings is 1. The van der Waals surface area contributed by atoms with E-state index < -0.39 is 0 Å². The summed E-state index contributed by atoms with van der Waals surface area (Å²) in [4.78, 5) is 26.6.